The van der Waals surface area contributed by atoms with Crippen LogP contribution < -0.4 is 11.5 Å². The molecule has 0 unspecified atom stereocenters. The molecule has 0 amide bonds. The van der Waals surface area contributed by atoms with Crippen molar-refractivity contribution in [2.75, 3.05) is 6.54 Å². The molecule has 0 spiro atoms. The fourth-order valence-corrected chi connectivity index (χ4v) is 1.88. The van der Waals surface area contributed by atoms with Gasteiger partial charge in [0.1, 0.15) is 6.04 Å². The zero-order valence-corrected chi connectivity index (χ0v) is 14.3. The van der Waals surface area contributed by atoms with E-state index < -0.39 is 23.9 Å². The van der Waals surface area contributed by atoms with E-state index in [9.17, 15) is 14.4 Å². The summed E-state index contributed by atoms with van der Waals surface area (Å²) in [6.07, 6.45) is 9.33. The average Bonchev–Trinajstić information content (AvgIpc) is 2.51. The Morgan fingerprint density at radius 2 is 1.12 bits per heavy atom. The molecular weight excluding hydrogens is 316 g/mol. The highest BCUT2D eigenvalue weighted by molar-refractivity contribution is 5.74. The van der Waals surface area contributed by atoms with Crippen LogP contribution in [0.15, 0.2) is 0 Å². The molecule has 0 rings (SSSR count). The maximum Gasteiger partial charge on any atom is 0.320 e. The predicted molar refractivity (Wildman–Crippen MR) is 90.7 cm³/mol. The molecular formula is C16H32N2O6. The molecule has 0 bridgehead atoms. The van der Waals surface area contributed by atoms with E-state index in [4.69, 9.17) is 26.8 Å². The third-order valence-electron chi connectivity index (χ3n) is 3.33. The molecule has 0 aromatic carbocycles. The van der Waals surface area contributed by atoms with Gasteiger partial charge in [-0.2, -0.15) is 0 Å². The van der Waals surface area contributed by atoms with Gasteiger partial charge < -0.3 is 26.8 Å². The monoisotopic (exact) mass is 348 g/mol. The molecule has 0 aromatic heterocycles. The van der Waals surface area contributed by atoms with Crippen LogP contribution in [-0.2, 0) is 14.4 Å². The summed E-state index contributed by atoms with van der Waals surface area (Å²) in [5, 5.41) is 24.7. The Bertz CT molecular complexity index is 349. The summed E-state index contributed by atoms with van der Waals surface area (Å²) < 4.78 is 0. The number of carboxylic acids is 3. The van der Waals surface area contributed by atoms with Crippen molar-refractivity contribution in [2.45, 2.75) is 76.7 Å². The molecule has 0 aromatic rings. The fourth-order valence-electron chi connectivity index (χ4n) is 1.88. The van der Waals surface area contributed by atoms with E-state index in [0.717, 1.165) is 25.8 Å². The maximum atomic E-state index is 10.2. The molecule has 0 heterocycles. The number of carbonyl (C=O) groups is 3. The highest BCUT2D eigenvalue weighted by Crippen LogP contribution is 2.09. The van der Waals surface area contributed by atoms with Gasteiger partial charge in [0.15, 0.2) is 0 Å². The minimum atomic E-state index is -1.17. The second-order valence-electron chi connectivity index (χ2n) is 5.64. The number of hydrogen-bond donors (Lipinski definition) is 5. The van der Waals surface area contributed by atoms with Gasteiger partial charge in [-0.3, -0.25) is 14.4 Å². The van der Waals surface area contributed by atoms with Crippen molar-refractivity contribution in [1.29, 1.82) is 0 Å². The molecule has 0 aliphatic carbocycles. The summed E-state index contributed by atoms with van der Waals surface area (Å²) in [5.41, 5.74) is 10.4. The summed E-state index contributed by atoms with van der Waals surface area (Å²) in [4.78, 5) is 30.1. The van der Waals surface area contributed by atoms with Gasteiger partial charge in [-0.25, -0.2) is 0 Å². The molecule has 8 nitrogen and oxygen atoms in total. The van der Waals surface area contributed by atoms with E-state index in [1.165, 1.54) is 32.1 Å². The van der Waals surface area contributed by atoms with Gasteiger partial charge in [-0.05, 0) is 25.8 Å². The van der Waals surface area contributed by atoms with Crippen molar-refractivity contribution in [3.63, 3.8) is 0 Å². The number of nitrogens with two attached hydrogens (primary N) is 2. The molecule has 0 saturated carbocycles. The van der Waals surface area contributed by atoms with Gasteiger partial charge in [-0.1, -0.05) is 38.5 Å². The van der Waals surface area contributed by atoms with E-state index >= 15 is 0 Å². The number of rotatable bonds is 14. The summed E-state index contributed by atoms with van der Waals surface area (Å²) >= 11 is 0. The van der Waals surface area contributed by atoms with Crippen LogP contribution >= 0.6 is 0 Å². The first-order valence-corrected chi connectivity index (χ1v) is 8.43. The summed E-state index contributed by atoms with van der Waals surface area (Å²) in [6.45, 7) is 0.804. The third kappa shape index (κ3) is 22.6. The van der Waals surface area contributed by atoms with Gasteiger partial charge in [0.2, 0.25) is 0 Å². The van der Waals surface area contributed by atoms with Crippen molar-refractivity contribution in [2.24, 2.45) is 11.5 Å². The lowest BCUT2D eigenvalue weighted by molar-refractivity contribution is -0.140. The smallest absolute Gasteiger partial charge is 0.320 e. The summed E-state index contributed by atoms with van der Waals surface area (Å²) in [7, 11) is 0. The molecule has 0 fully saturated rings. The Hall–Kier alpha value is -1.67. The quantitative estimate of drug-likeness (QED) is 0.296. The first kappa shape index (κ1) is 24.6. The molecule has 0 saturated heterocycles. The zero-order chi connectivity index (χ0) is 18.8. The Morgan fingerprint density at radius 1 is 0.708 bits per heavy atom. The predicted octanol–water partition coefficient (Wildman–Crippen LogP) is 1.80. The van der Waals surface area contributed by atoms with Gasteiger partial charge in [0.05, 0.1) is 0 Å². The molecule has 7 N–H and O–H groups in total. The SMILES string of the molecule is NCCCCCCCCCCC(=O)O.N[C@@H](CCC(=O)O)C(=O)O. The van der Waals surface area contributed by atoms with E-state index in [1.807, 2.05) is 0 Å². The molecule has 1 atom stereocenters. The average molecular weight is 348 g/mol. The van der Waals surface area contributed by atoms with E-state index in [1.54, 1.807) is 0 Å². The zero-order valence-electron chi connectivity index (χ0n) is 14.3. The van der Waals surface area contributed by atoms with Crippen molar-refractivity contribution >= 4 is 17.9 Å². The van der Waals surface area contributed by atoms with Crippen LogP contribution in [0.3, 0.4) is 0 Å². The topological polar surface area (TPSA) is 164 Å². The molecule has 0 aliphatic heterocycles. The van der Waals surface area contributed by atoms with Gasteiger partial charge >= 0.3 is 17.9 Å². The second kappa shape index (κ2) is 17.7. The van der Waals surface area contributed by atoms with Crippen molar-refractivity contribution in [3.8, 4) is 0 Å². The van der Waals surface area contributed by atoms with Gasteiger partial charge in [0.25, 0.3) is 0 Å². The standard InChI is InChI=1S/C11H23NO2.C5H9NO4/c12-10-8-6-4-2-1-3-5-7-9-11(13)14;6-3(5(9)10)1-2-4(7)8/h1-10,12H2,(H,13,14);3H,1-2,6H2,(H,7,8)(H,9,10)/t;3-/m.0/s1. The highest BCUT2D eigenvalue weighted by Gasteiger charge is 2.12. The lowest BCUT2D eigenvalue weighted by Gasteiger charge is -2.01. The Kier molecular flexibility index (Phi) is 18.1. The fraction of sp³-hybridized carbons (Fsp3) is 0.812. The Balaban J connectivity index is 0. The normalized spacial score (nSPS) is 11.2. The van der Waals surface area contributed by atoms with E-state index in [2.05, 4.69) is 0 Å². The van der Waals surface area contributed by atoms with Crippen LogP contribution in [-0.4, -0.2) is 45.8 Å². The number of hydrogen-bond acceptors (Lipinski definition) is 5. The van der Waals surface area contributed by atoms with Crippen molar-refractivity contribution < 1.29 is 29.7 Å². The van der Waals surface area contributed by atoms with Crippen molar-refractivity contribution in [3.05, 3.63) is 0 Å². The number of carboxylic acid groups (broad SMARTS) is 3. The molecule has 8 heteroatoms. The van der Waals surface area contributed by atoms with Crippen LogP contribution in [0.1, 0.15) is 70.6 Å². The largest absolute Gasteiger partial charge is 0.481 e. The van der Waals surface area contributed by atoms with Crippen LogP contribution in [0, 0.1) is 0 Å². The number of aliphatic carboxylic acids is 3. The maximum absolute atomic E-state index is 10.2. The lowest BCUT2D eigenvalue weighted by Crippen LogP contribution is -2.30. The van der Waals surface area contributed by atoms with Crippen molar-refractivity contribution in [1.82, 2.24) is 0 Å². The van der Waals surface area contributed by atoms with E-state index in [-0.39, 0.29) is 12.8 Å². The molecule has 0 radical (unpaired) electrons. The minimum absolute atomic E-state index is 0.0231. The number of unbranched alkanes of at least 4 members (excludes halogenated alkanes) is 7. The summed E-state index contributed by atoms with van der Waals surface area (Å²) in [6, 6.07) is -1.06. The summed E-state index contributed by atoms with van der Waals surface area (Å²) in [5.74, 6) is -2.87. The Labute approximate surface area is 143 Å². The first-order valence-electron chi connectivity index (χ1n) is 8.43. The van der Waals surface area contributed by atoms with Crippen LogP contribution in [0.4, 0.5) is 0 Å². The lowest BCUT2D eigenvalue weighted by atomic mass is 10.1. The van der Waals surface area contributed by atoms with Crippen LogP contribution in [0.5, 0.6) is 0 Å². The highest BCUT2D eigenvalue weighted by atomic mass is 16.4. The second-order valence-corrected chi connectivity index (χ2v) is 5.64. The van der Waals surface area contributed by atoms with Gasteiger partial charge in [-0.15, -0.1) is 0 Å². The van der Waals surface area contributed by atoms with Crippen LogP contribution in [0.2, 0.25) is 0 Å². The molecule has 142 valence electrons. The van der Waals surface area contributed by atoms with Crippen LogP contribution in [0.25, 0.3) is 0 Å². The first-order chi connectivity index (χ1) is 11.3. The van der Waals surface area contributed by atoms with E-state index in [0.29, 0.717) is 6.42 Å². The third-order valence-corrected chi connectivity index (χ3v) is 3.33. The molecule has 0 aliphatic rings. The minimum Gasteiger partial charge on any atom is -0.481 e. The molecule has 24 heavy (non-hydrogen) atoms. The Morgan fingerprint density at radius 3 is 1.50 bits per heavy atom. The van der Waals surface area contributed by atoms with Gasteiger partial charge in [0, 0.05) is 12.8 Å².